The number of aromatic amines is 1. The number of ether oxygens (including phenoxy) is 1. The van der Waals surface area contributed by atoms with Crippen molar-refractivity contribution in [1.82, 2.24) is 15.3 Å². The number of amides is 1. The molecule has 8 heteroatoms. The first-order valence-electron chi connectivity index (χ1n) is 8.62. The number of fused-ring (bicyclic) bond motifs is 2. The first-order chi connectivity index (χ1) is 13.1. The molecule has 0 spiro atoms. The topological polar surface area (TPSA) is 84.1 Å². The second kappa shape index (κ2) is 7.36. The Morgan fingerprint density at radius 3 is 3.07 bits per heavy atom. The molecule has 0 saturated carbocycles. The maximum atomic E-state index is 12.9. The van der Waals surface area contributed by atoms with Crippen molar-refractivity contribution in [3.05, 3.63) is 56.4 Å². The molecule has 4 rings (SSSR count). The van der Waals surface area contributed by atoms with Crippen molar-refractivity contribution in [1.29, 1.82) is 0 Å². The number of thioether (sulfide) groups is 1. The molecule has 140 valence electrons. The van der Waals surface area contributed by atoms with Crippen molar-refractivity contribution in [3.63, 3.8) is 0 Å². The lowest BCUT2D eigenvalue weighted by Crippen LogP contribution is -2.32. The van der Waals surface area contributed by atoms with E-state index < -0.39 is 0 Å². The molecule has 27 heavy (non-hydrogen) atoms. The molecule has 0 radical (unpaired) electrons. The van der Waals surface area contributed by atoms with Crippen LogP contribution in [0, 0.1) is 6.92 Å². The van der Waals surface area contributed by atoms with Crippen LogP contribution in [0.15, 0.2) is 29.1 Å². The Hall–Kier alpha value is -2.32. The van der Waals surface area contributed by atoms with Gasteiger partial charge in [-0.1, -0.05) is 18.2 Å². The van der Waals surface area contributed by atoms with E-state index in [1.165, 1.54) is 11.3 Å². The number of thiophene rings is 1. The van der Waals surface area contributed by atoms with Gasteiger partial charge in [-0.3, -0.25) is 9.59 Å². The number of benzene rings is 1. The fraction of sp³-hybridized carbons (Fsp3) is 0.316. The van der Waals surface area contributed by atoms with E-state index >= 15 is 0 Å². The van der Waals surface area contributed by atoms with Crippen molar-refractivity contribution in [2.24, 2.45) is 0 Å². The number of H-pyrrole nitrogens is 1. The summed E-state index contributed by atoms with van der Waals surface area (Å²) < 4.78 is 5.66. The molecular formula is C19H19N3O3S2. The number of rotatable bonds is 4. The molecule has 1 aromatic carbocycles. The zero-order valence-corrected chi connectivity index (χ0v) is 16.6. The van der Waals surface area contributed by atoms with E-state index in [-0.39, 0.29) is 17.5 Å². The molecule has 1 amide bonds. The minimum Gasteiger partial charge on any atom is -0.493 e. The van der Waals surface area contributed by atoms with E-state index in [0.29, 0.717) is 45.3 Å². The summed E-state index contributed by atoms with van der Waals surface area (Å²) in [5, 5.41) is 3.60. The quantitative estimate of drug-likeness (QED) is 0.700. The Labute approximate surface area is 164 Å². The second-order valence-corrected chi connectivity index (χ2v) is 8.25. The average molecular weight is 402 g/mol. The third kappa shape index (κ3) is 3.35. The van der Waals surface area contributed by atoms with Crippen LogP contribution in [0.4, 0.5) is 0 Å². The lowest BCUT2D eigenvalue weighted by Gasteiger charge is -2.26. The lowest BCUT2D eigenvalue weighted by molar-refractivity contribution is 0.0928. The van der Waals surface area contributed by atoms with Crippen molar-refractivity contribution < 1.29 is 9.53 Å². The van der Waals surface area contributed by atoms with Crippen LogP contribution in [-0.4, -0.2) is 28.7 Å². The number of hydrogen-bond acceptors (Lipinski definition) is 6. The predicted molar refractivity (Wildman–Crippen MR) is 109 cm³/mol. The van der Waals surface area contributed by atoms with Crippen LogP contribution in [0.2, 0.25) is 0 Å². The Morgan fingerprint density at radius 2 is 2.26 bits per heavy atom. The van der Waals surface area contributed by atoms with Gasteiger partial charge in [-0.05, 0) is 24.8 Å². The highest BCUT2D eigenvalue weighted by Gasteiger charge is 2.25. The highest BCUT2D eigenvalue weighted by atomic mass is 32.2. The molecule has 0 fully saturated rings. The molecule has 0 saturated heterocycles. The molecular weight excluding hydrogens is 382 g/mol. The van der Waals surface area contributed by atoms with E-state index in [9.17, 15) is 9.59 Å². The van der Waals surface area contributed by atoms with E-state index in [1.807, 2.05) is 30.5 Å². The number of aryl methyl sites for hydroxylation is 1. The zero-order chi connectivity index (χ0) is 19.0. The molecule has 0 unspecified atom stereocenters. The van der Waals surface area contributed by atoms with E-state index in [2.05, 4.69) is 15.3 Å². The van der Waals surface area contributed by atoms with Crippen molar-refractivity contribution in [2.75, 3.05) is 12.9 Å². The van der Waals surface area contributed by atoms with Crippen molar-refractivity contribution in [3.8, 4) is 5.75 Å². The molecule has 1 atom stereocenters. The van der Waals surface area contributed by atoms with Crippen molar-refractivity contribution >= 4 is 39.2 Å². The maximum Gasteiger partial charge on any atom is 0.262 e. The van der Waals surface area contributed by atoms with Crippen LogP contribution >= 0.6 is 23.1 Å². The highest BCUT2D eigenvalue weighted by molar-refractivity contribution is 7.97. The first kappa shape index (κ1) is 18.1. The third-order valence-corrected chi connectivity index (χ3v) is 6.35. The van der Waals surface area contributed by atoms with Gasteiger partial charge in [0.2, 0.25) is 0 Å². The molecule has 1 aliphatic heterocycles. The van der Waals surface area contributed by atoms with Crippen LogP contribution in [0.1, 0.15) is 39.1 Å². The molecule has 1 aliphatic rings. The number of nitrogens with zero attached hydrogens (tertiary/aromatic N) is 1. The van der Waals surface area contributed by atoms with Gasteiger partial charge in [-0.25, -0.2) is 4.98 Å². The minimum absolute atomic E-state index is 0.106. The van der Waals surface area contributed by atoms with E-state index in [4.69, 9.17) is 4.74 Å². The van der Waals surface area contributed by atoms with E-state index in [1.54, 1.807) is 18.7 Å². The lowest BCUT2D eigenvalue weighted by atomic mass is 10.0. The fourth-order valence-electron chi connectivity index (χ4n) is 3.33. The summed E-state index contributed by atoms with van der Waals surface area (Å²) in [6, 6.07) is 7.63. The monoisotopic (exact) mass is 401 g/mol. The van der Waals surface area contributed by atoms with Gasteiger partial charge in [0.15, 0.2) is 0 Å². The Balaban J connectivity index is 1.67. The summed E-state index contributed by atoms with van der Waals surface area (Å²) in [5.74, 6) is 1.89. The number of aromatic nitrogens is 2. The number of para-hydroxylation sites is 1. The van der Waals surface area contributed by atoms with Gasteiger partial charge in [0.25, 0.3) is 11.5 Å². The van der Waals surface area contributed by atoms with Crippen molar-refractivity contribution in [2.45, 2.75) is 25.1 Å². The number of nitrogens with one attached hydrogen (secondary N) is 2. The Morgan fingerprint density at radius 1 is 1.44 bits per heavy atom. The number of carbonyl (C=O) groups excluding carboxylic acids is 1. The summed E-state index contributed by atoms with van der Waals surface area (Å²) in [4.78, 5) is 33.9. The largest absolute Gasteiger partial charge is 0.493 e. The third-order valence-electron chi connectivity index (χ3n) is 4.60. The molecule has 3 heterocycles. The molecule has 0 aliphatic carbocycles. The number of hydrogen-bond donors (Lipinski definition) is 2. The average Bonchev–Trinajstić information content (AvgIpc) is 2.99. The Kier molecular flexibility index (Phi) is 4.92. The smallest absolute Gasteiger partial charge is 0.262 e. The van der Waals surface area contributed by atoms with Gasteiger partial charge in [-0.2, -0.15) is 11.8 Å². The summed E-state index contributed by atoms with van der Waals surface area (Å²) in [5.41, 5.74) is 1.47. The van der Waals surface area contributed by atoms with Gasteiger partial charge < -0.3 is 15.0 Å². The summed E-state index contributed by atoms with van der Waals surface area (Å²) >= 11 is 2.86. The number of carbonyl (C=O) groups is 1. The van der Waals surface area contributed by atoms with Crippen LogP contribution in [0.3, 0.4) is 0 Å². The minimum atomic E-state index is -0.187. The van der Waals surface area contributed by atoms with Gasteiger partial charge in [0, 0.05) is 12.0 Å². The van der Waals surface area contributed by atoms with Gasteiger partial charge in [0.05, 0.1) is 28.7 Å². The summed E-state index contributed by atoms with van der Waals surface area (Å²) in [6.07, 6.45) is 2.66. The maximum absolute atomic E-state index is 12.9. The summed E-state index contributed by atoms with van der Waals surface area (Å²) in [7, 11) is 0. The summed E-state index contributed by atoms with van der Waals surface area (Å²) in [6.45, 7) is 2.36. The first-order valence-corrected chi connectivity index (χ1v) is 10.8. The second-order valence-electron chi connectivity index (χ2n) is 6.38. The Bertz CT molecular complexity index is 1070. The molecule has 6 nitrogen and oxygen atoms in total. The molecule has 3 aromatic rings. The molecule has 2 aromatic heterocycles. The highest BCUT2D eigenvalue weighted by Crippen LogP contribution is 2.33. The van der Waals surface area contributed by atoms with Crippen LogP contribution in [0.5, 0.6) is 5.75 Å². The standard InChI is InChI=1S/C19H19N3O3S2/c1-10-15-17(23)21-14(9-26-2)22-19(15)27-16(10)18(24)20-12-7-8-25-13-6-4-3-5-11(12)13/h3-6,12H,7-9H2,1-2H3,(H,20,24)(H,21,22,23)/t12-/m1/s1. The van der Waals surface area contributed by atoms with Gasteiger partial charge in [0.1, 0.15) is 16.4 Å². The van der Waals surface area contributed by atoms with Crippen LogP contribution in [0.25, 0.3) is 10.2 Å². The van der Waals surface area contributed by atoms with Gasteiger partial charge in [-0.15, -0.1) is 11.3 Å². The normalized spacial score (nSPS) is 16.0. The van der Waals surface area contributed by atoms with Crippen LogP contribution in [-0.2, 0) is 5.75 Å². The van der Waals surface area contributed by atoms with Gasteiger partial charge >= 0.3 is 0 Å². The van der Waals surface area contributed by atoms with E-state index in [0.717, 1.165) is 11.3 Å². The predicted octanol–water partition coefficient (Wildman–Crippen LogP) is 3.41. The fourth-order valence-corrected chi connectivity index (χ4v) is 4.84. The zero-order valence-electron chi connectivity index (χ0n) is 15.0. The van der Waals surface area contributed by atoms with Crippen LogP contribution < -0.4 is 15.6 Å². The SMILES string of the molecule is CSCc1nc2sc(C(=O)N[C@@H]3CCOc4ccccc43)c(C)c2c(=O)[nH]1. The molecule has 0 bridgehead atoms. The molecule has 2 N–H and O–H groups in total.